The zero-order valence-corrected chi connectivity index (χ0v) is 14.1. The van der Waals surface area contributed by atoms with E-state index in [1.807, 2.05) is 43.3 Å². The molecule has 0 spiro atoms. The molecule has 0 aliphatic carbocycles. The number of benzene rings is 2. The highest BCUT2D eigenvalue weighted by Crippen LogP contribution is 2.17. The third-order valence-electron chi connectivity index (χ3n) is 3.37. The van der Waals surface area contributed by atoms with Gasteiger partial charge in [-0.05, 0) is 55.3 Å². The molecule has 0 atom stereocenters. The highest BCUT2D eigenvalue weighted by molar-refractivity contribution is 5.77. The van der Waals surface area contributed by atoms with E-state index in [0.29, 0.717) is 18.9 Å². The molecule has 0 bridgehead atoms. The molecule has 128 valence electrons. The standard InChI is InChI=1S/C19H23NO4/c1-3-23-16-7-9-17(10-8-16)24-14-19(21)20-12-11-15-5-4-6-18(13-15)22-2/h4-10,13H,3,11-12,14H2,1-2H3,(H,20,21). The molecule has 2 rings (SSSR count). The summed E-state index contributed by atoms with van der Waals surface area (Å²) in [4.78, 5) is 11.8. The molecular weight excluding hydrogens is 306 g/mol. The van der Waals surface area contributed by atoms with E-state index in [1.165, 1.54) is 0 Å². The quantitative estimate of drug-likeness (QED) is 0.768. The van der Waals surface area contributed by atoms with E-state index in [0.717, 1.165) is 23.5 Å². The summed E-state index contributed by atoms with van der Waals surface area (Å²) < 4.78 is 16.0. The van der Waals surface area contributed by atoms with E-state index in [2.05, 4.69) is 5.32 Å². The monoisotopic (exact) mass is 329 g/mol. The number of ether oxygens (including phenoxy) is 3. The van der Waals surface area contributed by atoms with Crippen molar-refractivity contribution in [2.24, 2.45) is 0 Å². The molecule has 2 aromatic carbocycles. The van der Waals surface area contributed by atoms with Crippen molar-refractivity contribution in [2.75, 3.05) is 26.9 Å². The first-order valence-corrected chi connectivity index (χ1v) is 7.96. The zero-order valence-electron chi connectivity index (χ0n) is 14.1. The fraction of sp³-hybridized carbons (Fsp3) is 0.316. The predicted molar refractivity (Wildman–Crippen MR) is 92.8 cm³/mol. The average Bonchev–Trinajstić information content (AvgIpc) is 2.61. The summed E-state index contributed by atoms with van der Waals surface area (Å²) in [6.45, 7) is 3.10. The Kier molecular flexibility index (Phi) is 6.95. The Morgan fingerprint density at radius 1 is 1.00 bits per heavy atom. The lowest BCUT2D eigenvalue weighted by Crippen LogP contribution is -2.30. The van der Waals surface area contributed by atoms with Crippen molar-refractivity contribution in [3.8, 4) is 17.2 Å². The Bertz CT molecular complexity index is 640. The summed E-state index contributed by atoms with van der Waals surface area (Å²) in [7, 11) is 1.64. The maximum absolute atomic E-state index is 11.8. The van der Waals surface area contributed by atoms with E-state index in [4.69, 9.17) is 14.2 Å². The number of amides is 1. The van der Waals surface area contributed by atoms with Crippen LogP contribution in [0.3, 0.4) is 0 Å². The van der Waals surface area contributed by atoms with Crippen molar-refractivity contribution < 1.29 is 19.0 Å². The van der Waals surface area contributed by atoms with E-state index in [-0.39, 0.29) is 12.5 Å². The van der Waals surface area contributed by atoms with Crippen LogP contribution < -0.4 is 19.5 Å². The summed E-state index contributed by atoms with van der Waals surface area (Å²) in [5.74, 6) is 2.10. The molecule has 5 heteroatoms. The normalized spacial score (nSPS) is 10.1. The van der Waals surface area contributed by atoms with Gasteiger partial charge in [-0.2, -0.15) is 0 Å². The Hall–Kier alpha value is -2.69. The molecule has 0 saturated carbocycles. The smallest absolute Gasteiger partial charge is 0.257 e. The highest BCUT2D eigenvalue weighted by Gasteiger charge is 2.03. The lowest BCUT2D eigenvalue weighted by atomic mass is 10.1. The highest BCUT2D eigenvalue weighted by atomic mass is 16.5. The van der Waals surface area contributed by atoms with Crippen LogP contribution in [0.2, 0.25) is 0 Å². The van der Waals surface area contributed by atoms with Crippen LogP contribution in [0.1, 0.15) is 12.5 Å². The van der Waals surface area contributed by atoms with Crippen molar-refractivity contribution in [3.05, 3.63) is 54.1 Å². The number of carbonyl (C=O) groups is 1. The molecule has 1 N–H and O–H groups in total. The van der Waals surface area contributed by atoms with Gasteiger partial charge in [0.05, 0.1) is 13.7 Å². The summed E-state index contributed by atoms with van der Waals surface area (Å²) in [6.07, 6.45) is 0.742. The summed E-state index contributed by atoms with van der Waals surface area (Å²) in [5, 5.41) is 2.84. The average molecular weight is 329 g/mol. The van der Waals surface area contributed by atoms with Gasteiger partial charge in [-0.15, -0.1) is 0 Å². The van der Waals surface area contributed by atoms with E-state index in [9.17, 15) is 4.79 Å². The second kappa shape index (κ2) is 9.45. The first kappa shape index (κ1) is 17.7. The minimum absolute atomic E-state index is 0.00784. The molecular formula is C19H23NO4. The van der Waals surface area contributed by atoms with Crippen molar-refractivity contribution in [1.82, 2.24) is 5.32 Å². The van der Waals surface area contributed by atoms with Crippen LogP contribution in [-0.2, 0) is 11.2 Å². The van der Waals surface area contributed by atoms with Crippen molar-refractivity contribution in [1.29, 1.82) is 0 Å². The zero-order chi connectivity index (χ0) is 17.2. The molecule has 5 nitrogen and oxygen atoms in total. The van der Waals surface area contributed by atoms with Gasteiger partial charge in [-0.25, -0.2) is 0 Å². The number of hydrogen-bond donors (Lipinski definition) is 1. The van der Waals surface area contributed by atoms with Crippen LogP contribution in [0.4, 0.5) is 0 Å². The molecule has 0 unspecified atom stereocenters. The van der Waals surface area contributed by atoms with Gasteiger partial charge in [0, 0.05) is 6.54 Å². The largest absolute Gasteiger partial charge is 0.497 e. The second-order valence-electron chi connectivity index (χ2n) is 5.14. The molecule has 0 fully saturated rings. The number of methoxy groups -OCH3 is 1. The van der Waals surface area contributed by atoms with Crippen LogP contribution in [0.15, 0.2) is 48.5 Å². The topological polar surface area (TPSA) is 56.8 Å². The number of rotatable bonds is 9. The molecule has 0 radical (unpaired) electrons. The second-order valence-corrected chi connectivity index (χ2v) is 5.14. The number of hydrogen-bond acceptors (Lipinski definition) is 4. The first-order chi connectivity index (χ1) is 11.7. The molecule has 0 heterocycles. The van der Waals surface area contributed by atoms with Gasteiger partial charge in [-0.3, -0.25) is 4.79 Å². The van der Waals surface area contributed by atoms with Crippen LogP contribution in [-0.4, -0.2) is 32.8 Å². The molecule has 0 aliphatic rings. The van der Waals surface area contributed by atoms with E-state index in [1.54, 1.807) is 19.2 Å². The van der Waals surface area contributed by atoms with Gasteiger partial charge >= 0.3 is 0 Å². The third kappa shape index (κ3) is 5.83. The third-order valence-corrected chi connectivity index (χ3v) is 3.37. The summed E-state index contributed by atoms with van der Waals surface area (Å²) in [5.41, 5.74) is 1.11. The maximum atomic E-state index is 11.8. The predicted octanol–water partition coefficient (Wildman–Crippen LogP) is 2.83. The fourth-order valence-corrected chi connectivity index (χ4v) is 2.17. The Morgan fingerprint density at radius 3 is 2.38 bits per heavy atom. The molecule has 0 aliphatic heterocycles. The van der Waals surface area contributed by atoms with E-state index < -0.39 is 0 Å². The van der Waals surface area contributed by atoms with Gasteiger partial charge in [0.2, 0.25) is 0 Å². The van der Waals surface area contributed by atoms with Gasteiger partial charge in [-0.1, -0.05) is 12.1 Å². The van der Waals surface area contributed by atoms with Crippen LogP contribution in [0.25, 0.3) is 0 Å². The molecule has 2 aromatic rings. The van der Waals surface area contributed by atoms with Crippen molar-refractivity contribution in [2.45, 2.75) is 13.3 Å². The number of carbonyl (C=O) groups excluding carboxylic acids is 1. The molecule has 1 amide bonds. The van der Waals surface area contributed by atoms with Gasteiger partial charge in [0.25, 0.3) is 5.91 Å². The number of nitrogens with one attached hydrogen (secondary N) is 1. The summed E-state index contributed by atoms with van der Waals surface area (Å²) in [6, 6.07) is 15.0. The van der Waals surface area contributed by atoms with Crippen LogP contribution in [0.5, 0.6) is 17.2 Å². The van der Waals surface area contributed by atoms with Crippen LogP contribution >= 0.6 is 0 Å². The SMILES string of the molecule is CCOc1ccc(OCC(=O)NCCc2cccc(OC)c2)cc1. The van der Waals surface area contributed by atoms with Crippen molar-refractivity contribution in [3.63, 3.8) is 0 Å². The Balaban J connectivity index is 1.69. The first-order valence-electron chi connectivity index (χ1n) is 7.96. The molecule has 0 aromatic heterocycles. The lowest BCUT2D eigenvalue weighted by molar-refractivity contribution is -0.123. The van der Waals surface area contributed by atoms with Crippen LogP contribution in [0, 0.1) is 0 Å². The molecule has 0 saturated heterocycles. The van der Waals surface area contributed by atoms with Gasteiger partial charge in [0.15, 0.2) is 6.61 Å². The lowest BCUT2D eigenvalue weighted by Gasteiger charge is -2.09. The Labute approximate surface area is 142 Å². The van der Waals surface area contributed by atoms with E-state index >= 15 is 0 Å². The van der Waals surface area contributed by atoms with Gasteiger partial charge in [0.1, 0.15) is 17.2 Å². The maximum Gasteiger partial charge on any atom is 0.257 e. The van der Waals surface area contributed by atoms with Gasteiger partial charge < -0.3 is 19.5 Å². The summed E-state index contributed by atoms with van der Waals surface area (Å²) >= 11 is 0. The van der Waals surface area contributed by atoms with Crippen molar-refractivity contribution >= 4 is 5.91 Å². The fourth-order valence-electron chi connectivity index (χ4n) is 2.17. The molecule has 24 heavy (non-hydrogen) atoms. The minimum atomic E-state index is -0.146. The Morgan fingerprint density at radius 2 is 1.71 bits per heavy atom. The minimum Gasteiger partial charge on any atom is -0.497 e.